The van der Waals surface area contributed by atoms with Gasteiger partial charge in [-0.1, -0.05) is 0 Å². The monoisotopic (exact) mass is 211 g/mol. The summed E-state index contributed by atoms with van der Waals surface area (Å²) in [7, 11) is 0. The Bertz CT molecular complexity index is 230. The Hall–Kier alpha value is -0.610. The molecule has 2 unspecified atom stereocenters. The summed E-state index contributed by atoms with van der Waals surface area (Å²) in [5.41, 5.74) is 0. The van der Waals surface area contributed by atoms with Gasteiger partial charge in [0.15, 0.2) is 0 Å². The number of hydrogen-bond donors (Lipinski definition) is 2. The Balaban J connectivity index is 1.78. The molecule has 0 spiro atoms. The zero-order valence-electron chi connectivity index (χ0n) is 9.62. The number of amides is 1. The fourth-order valence-corrected chi connectivity index (χ4v) is 2.59. The molecule has 4 heteroatoms. The average molecular weight is 211 g/mol. The van der Waals surface area contributed by atoms with Gasteiger partial charge in [0.1, 0.15) is 0 Å². The molecular formula is C11H21N3O. The zero-order valence-corrected chi connectivity index (χ0v) is 9.62. The smallest absolute Gasteiger partial charge is 0.234 e. The SMILES string of the molecule is CC(C)NC(=O)CN1CC2CCC(C1)N2. The van der Waals surface area contributed by atoms with E-state index >= 15 is 0 Å². The Kier molecular flexibility index (Phi) is 3.26. The Morgan fingerprint density at radius 1 is 1.40 bits per heavy atom. The largest absolute Gasteiger partial charge is 0.353 e. The van der Waals surface area contributed by atoms with E-state index in [1.54, 1.807) is 0 Å². The zero-order chi connectivity index (χ0) is 10.8. The van der Waals surface area contributed by atoms with Gasteiger partial charge in [-0.2, -0.15) is 0 Å². The van der Waals surface area contributed by atoms with Crippen LogP contribution in [0.2, 0.25) is 0 Å². The fraction of sp³-hybridized carbons (Fsp3) is 0.909. The van der Waals surface area contributed by atoms with Crippen molar-refractivity contribution in [2.24, 2.45) is 0 Å². The van der Waals surface area contributed by atoms with Crippen molar-refractivity contribution < 1.29 is 4.79 Å². The highest BCUT2D eigenvalue weighted by atomic mass is 16.2. The van der Waals surface area contributed by atoms with E-state index in [1.165, 1.54) is 12.8 Å². The van der Waals surface area contributed by atoms with Crippen LogP contribution in [0.4, 0.5) is 0 Å². The molecule has 2 bridgehead atoms. The first kappa shape index (κ1) is 10.9. The molecule has 2 aliphatic rings. The van der Waals surface area contributed by atoms with Crippen LogP contribution >= 0.6 is 0 Å². The molecule has 2 rings (SSSR count). The van der Waals surface area contributed by atoms with Gasteiger partial charge in [0.2, 0.25) is 5.91 Å². The molecule has 1 amide bonds. The van der Waals surface area contributed by atoms with Crippen LogP contribution < -0.4 is 10.6 Å². The second-order valence-corrected chi connectivity index (χ2v) is 5.05. The van der Waals surface area contributed by atoms with Crippen molar-refractivity contribution in [2.45, 2.75) is 44.8 Å². The third-order valence-corrected chi connectivity index (χ3v) is 3.11. The molecule has 0 saturated carbocycles. The highest BCUT2D eigenvalue weighted by Gasteiger charge is 2.32. The van der Waals surface area contributed by atoms with Crippen molar-refractivity contribution in [3.05, 3.63) is 0 Å². The maximum Gasteiger partial charge on any atom is 0.234 e. The maximum absolute atomic E-state index is 11.6. The summed E-state index contributed by atoms with van der Waals surface area (Å²) >= 11 is 0. The summed E-state index contributed by atoms with van der Waals surface area (Å²) in [5.74, 6) is 0.159. The summed E-state index contributed by atoms with van der Waals surface area (Å²) in [6.45, 7) is 6.62. The second-order valence-electron chi connectivity index (χ2n) is 5.05. The van der Waals surface area contributed by atoms with Gasteiger partial charge in [0, 0.05) is 31.2 Å². The van der Waals surface area contributed by atoms with Crippen molar-refractivity contribution in [3.63, 3.8) is 0 Å². The lowest BCUT2D eigenvalue weighted by Crippen LogP contribution is -2.53. The van der Waals surface area contributed by atoms with Crippen LogP contribution in [0, 0.1) is 0 Å². The van der Waals surface area contributed by atoms with Crippen molar-refractivity contribution in [3.8, 4) is 0 Å². The Morgan fingerprint density at radius 3 is 2.53 bits per heavy atom. The lowest BCUT2D eigenvalue weighted by atomic mass is 10.2. The molecular weight excluding hydrogens is 190 g/mol. The standard InChI is InChI=1S/C11H21N3O/c1-8(2)12-11(15)7-14-5-9-3-4-10(6-14)13-9/h8-10,13H,3-7H2,1-2H3,(H,12,15). The molecule has 2 atom stereocenters. The molecule has 2 saturated heterocycles. The number of piperazine rings is 1. The van der Waals surface area contributed by atoms with Crippen molar-refractivity contribution >= 4 is 5.91 Å². The van der Waals surface area contributed by atoms with Gasteiger partial charge in [0.05, 0.1) is 6.54 Å². The first-order chi connectivity index (χ1) is 7.13. The van der Waals surface area contributed by atoms with E-state index in [0.29, 0.717) is 18.6 Å². The molecule has 2 heterocycles. The number of hydrogen-bond acceptors (Lipinski definition) is 3. The number of nitrogens with zero attached hydrogens (tertiary/aromatic N) is 1. The molecule has 4 nitrogen and oxygen atoms in total. The Labute approximate surface area is 91.4 Å². The van der Waals surface area contributed by atoms with Crippen LogP contribution in [-0.2, 0) is 4.79 Å². The molecule has 15 heavy (non-hydrogen) atoms. The van der Waals surface area contributed by atoms with E-state index in [1.807, 2.05) is 13.8 Å². The number of fused-ring (bicyclic) bond motifs is 2. The van der Waals surface area contributed by atoms with E-state index in [4.69, 9.17) is 0 Å². The minimum Gasteiger partial charge on any atom is -0.353 e. The first-order valence-electron chi connectivity index (χ1n) is 5.91. The molecule has 2 fully saturated rings. The summed E-state index contributed by atoms with van der Waals surface area (Å²) in [5, 5.41) is 6.50. The van der Waals surface area contributed by atoms with Crippen LogP contribution in [0.25, 0.3) is 0 Å². The summed E-state index contributed by atoms with van der Waals surface area (Å²) < 4.78 is 0. The number of nitrogens with one attached hydrogen (secondary N) is 2. The minimum atomic E-state index is 0.159. The number of rotatable bonds is 3. The normalized spacial score (nSPS) is 30.9. The van der Waals surface area contributed by atoms with Crippen molar-refractivity contribution in [1.82, 2.24) is 15.5 Å². The van der Waals surface area contributed by atoms with Gasteiger partial charge < -0.3 is 10.6 Å². The summed E-state index contributed by atoms with van der Waals surface area (Å²) in [4.78, 5) is 13.9. The lowest BCUT2D eigenvalue weighted by molar-refractivity contribution is -0.123. The number of carbonyl (C=O) groups excluding carboxylic acids is 1. The maximum atomic E-state index is 11.6. The quantitative estimate of drug-likeness (QED) is 0.688. The van der Waals surface area contributed by atoms with E-state index in [-0.39, 0.29) is 11.9 Å². The molecule has 2 aliphatic heterocycles. The van der Waals surface area contributed by atoms with E-state index in [9.17, 15) is 4.79 Å². The minimum absolute atomic E-state index is 0.159. The predicted octanol–water partition coefficient (Wildman–Crippen LogP) is -0.0528. The highest BCUT2D eigenvalue weighted by molar-refractivity contribution is 5.78. The van der Waals surface area contributed by atoms with Crippen LogP contribution in [0.3, 0.4) is 0 Å². The van der Waals surface area contributed by atoms with Gasteiger partial charge >= 0.3 is 0 Å². The van der Waals surface area contributed by atoms with Crippen molar-refractivity contribution in [1.29, 1.82) is 0 Å². The molecule has 0 radical (unpaired) electrons. The second kappa shape index (κ2) is 4.49. The first-order valence-corrected chi connectivity index (χ1v) is 5.91. The number of likely N-dealkylation sites (tertiary alicyclic amines) is 1. The number of carbonyl (C=O) groups is 1. The molecule has 0 aromatic heterocycles. The summed E-state index contributed by atoms with van der Waals surface area (Å²) in [6, 6.07) is 1.49. The molecule has 0 aromatic rings. The predicted molar refractivity (Wildman–Crippen MR) is 59.7 cm³/mol. The molecule has 0 aliphatic carbocycles. The summed E-state index contributed by atoms with van der Waals surface area (Å²) in [6.07, 6.45) is 2.54. The topological polar surface area (TPSA) is 44.4 Å². The molecule has 2 N–H and O–H groups in total. The van der Waals surface area contributed by atoms with Gasteiger partial charge in [0.25, 0.3) is 0 Å². The van der Waals surface area contributed by atoms with Crippen LogP contribution in [0.1, 0.15) is 26.7 Å². The fourth-order valence-electron chi connectivity index (χ4n) is 2.59. The van der Waals surface area contributed by atoms with Crippen LogP contribution in [0.5, 0.6) is 0 Å². The van der Waals surface area contributed by atoms with Gasteiger partial charge in [-0.15, -0.1) is 0 Å². The lowest BCUT2D eigenvalue weighted by Gasteiger charge is -2.32. The van der Waals surface area contributed by atoms with Crippen molar-refractivity contribution in [2.75, 3.05) is 19.6 Å². The van der Waals surface area contributed by atoms with Gasteiger partial charge in [-0.05, 0) is 26.7 Å². The van der Waals surface area contributed by atoms with Crippen LogP contribution in [-0.4, -0.2) is 48.6 Å². The third kappa shape index (κ3) is 2.92. The average Bonchev–Trinajstić information content (AvgIpc) is 2.44. The highest BCUT2D eigenvalue weighted by Crippen LogP contribution is 2.19. The van der Waals surface area contributed by atoms with E-state index < -0.39 is 0 Å². The molecule has 86 valence electrons. The van der Waals surface area contributed by atoms with E-state index in [0.717, 1.165) is 13.1 Å². The molecule has 0 aromatic carbocycles. The van der Waals surface area contributed by atoms with Crippen LogP contribution in [0.15, 0.2) is 0 Å². The van der Waals surface area contributed by atoms with Gasteiger partial charge in [-0.3, -0.25) is 9.69 Å². The van der Waals surface area contributed by atoms with E-state index in [2.05, 4.69) is 15.5 Å². The van der Waals surface area contributed by atoms with Gasteiger partial charge in [-0.25, -0.2) is 0 Å². The third-order valence-electron chi connectivity index (χ3n) is 3.11. The Morgan fingerprint density at radius 2 is 2.00 bits per heavy atom.